The van der Waals surface area contributed by atoms with Crippen molar-refractivity contribution in [3.63, 3.8) is 0 Å². The van der Waals surface area contributed by atoms with Crippen LogP contribution in [0.4, 0.5) is 0 Å². The van der Waals surface area contributed by atoms with Gasteiger partial charge in [0.2, 0.25) is 5.88 Å². The molecule has 20 heavy (non-hydrogen) atoms. The first-order chi connectivity index (χ1) is 9.78. The maximum Gasteiger partial charge on any atom is 0.232 e. The molecule has 0 atom stereocenters. The van der Waals surface area contributed by atoms with Gasteiger partial charge >= 0.3 is 0 Å². The van der Waals surface area contributed by atoms with Crippen molar-refractivity contribution in [2.75, 3.05) is 6.54 Å². The van der Waals surface area contributed by atoms with Crippen molar-refractivity contribution in [1.29, 1.82) is 0 Å². The summed E-state index contributed by atoms with van der Waals surface area (Å²) in [5.74, 6) is 0.556. The van der Waals surface area contributed by atoms with Gasteiger partial charge in [-0.3, -0.25) is 4.98 Å². The summed E-state index contributed by atoms with van der Waals surface area (Å²) in [4.78, 5) is 8.58. The maximum absolute atomic E-state index is 5.67. The quantitative estimate of drug-likeness (QED) is 0.788. The molecular formula is C15H18BrN3O. The summed E-state index contributed by atoms with van der Waals surface area (Å²) in [7, 11) is 0. The molecule has 0 fully saturated rings. The molecule has 1 heterocycles. The molecule has 1 aromatic heterocycles. The molecule has 0 radical (unpaired) electrons. The number of benzene rings is 1. The Morgan fingerprint density at radius 1 is 1.30 bits per heavy atom. The average molecular weight is 336 g/mol. The highest BCUT2D eigenvalue weighted by atomic mass is 79.9. The number of halogens is 1. The SMILES string of the molecule is CCCNCc1cncc(OCc2cccc(Br)c2)n1. The first-order valence-corrected chi connectivity index (χ1v) is 7.46. The summed E-state index contributed by atoms with van der Waals surface area (Å²) in [5.41, 5.74) is 1.99. The van der Waals surface area contributed by atoms with Crippen LogP contribution in [0.5, 0.6) is 5.88 Å². The van der Waals surface area contributed by atoms with E-state index in [9.17, 15) is 0 Å². The molecule has 5 heteroatoms. The van der Waals surface area contributed by atoms with Crippen LogP contribution < -0.4 is 10.1 Å². The lowest BCUT2D eigenvalue weighted by Crippen LogP contribution is -2.15. The van der Waals surface area contributed by atoms with Gasteiger partial charge in [-0.15, -0.1) is 0 Å². The lowest BCUT2D eigenvalue weighted by atomic mass is 10.2. The molecule has 0 saturated heterocycles. The fraction of sp³-hybridized carbons (Fsp3) is 0.333. The van der Waals surface area contributed by atoms with Crippen molar-refractivity contribution >= 4 is 15.9 Å². The van der Waals surface area contributed by atoms with Crippen LogP contribution in [0.3, 0.4) is 0 Å². The predicted molar refractivity (Wildman–Crippen MR) is 82.5 cm³/mol. The second kappa shape index (κ2) is 7.97. The minimum absolute atomic E-state index is 0.486. The molecule has 0 saturated carbocycles. The Kier molecular flexibility index (Phi) is 5.95. The van der Waals surface area contributed by atoms with Crippen molar-refractivity contribution in [2.45, 2.75) is 26.5 Å². The lowest BCUT2D eigenvalue weighted by molar-refractivity contribution is 0.291. The standard InChI is InChI=1S/C15H18BrN3O/c1-2-6-17-8-14-9-18-10-15(19-14)20-11-12-4-3-5-13(16)7-12/h3-5,7,9-10,17H,2,6,8,11H2,1H3. The Morgan fingerprint density at radius 3 is 3.00 bits per heavy atom. The van der Waals surface area contributed by atoms with Gasteiger partial charge in [0.05, 0.1) is 11.9 Å². The third-order valence-corrected chi connectivity index (χ3v) is 3.16. The van der Waals surface area contributed by atoms with Gasteiger partial charge in [-0.05, 0) is 30.7 Å². The van der Waals surface area contributed by atoms with Gasteiger partial charge in [-0.1, -0.05) is 35.0 Å². The third-order valence-electron chi connectivity index (χ3n) is 2.67. The number of hydrogen-bond donors (Lipinski definition) is 1. The van der Waals surface area contributed by atoms with E-state index in [-0.39, 0.29) is 0 Å². The number of hydrogen-bond acceptors (Lipinski definition) is 4. The van der Waals surface area contributed by atoms with E-state index in [2.05, 4.69) is 38.1 Å². The zero-order chi connectivity index (χ0) is 14.2. The first kappa shape index (κ1) is 14.9. The summed E-state index contributed by atoms with van der Waals surface area (Å²) < 4.78 is 6.72. The van der Waals surface area contributed by atoms with Crippen molar-refractivity contribution in [1.82, 2.24) is 15.3 Å². The van der Waals surface area contributed by atoms with Crippen LogP contribution in [0.1, 0.15) is 24.6 Å². The minimum Gasteiger partial charge on any atom is -0.472 e. The van der Waals surface area contributed by atoms with Crippen LogP contribution >= 0.6 is 15.9 Å². The van der Waals surface area contributed by atoms with Crippen molar-refractivity contribution in [3.8, 4) is 5.88 Å². The molecule has 0 amide bonds. The highest BCUT2D eigenvalue weighted by Gasteiger charge is 2.01. The second-order valence-electron chi connectivity index (χ2n) is 4.44. The van der Waals surface area contributed by atoms with E-state index in [1.54, 1.807) is 12.4 Å². The number of nitrogens with zero attached hydrogens (tertiary/aromatic N) is 2. The van der Waals surface area contributed by atoms with Crippen LogP contribution in [0, 0.1) is 0 Å². The highest BCUT2D eigenvalue weighted by Crippen LogP contribution is 2.14. The van der Waals surface area contributed by atoms with Gasteiger partial charge in [0.1, 0.15) is 6.61 Å². The molecule has 0 aliphatic carbocycles. The zero-order valence-corrected chi connectivity index (χ0v) is 13.1. The number of rotatable bonds is 7. The fourth-order valence-electron chi connectivity index (χ4n) is 1.72. The van der Waals surface area contributed by atoms with Gasteiger partial charge in [-0.25, -0.2) is 4.98 Å². The monoisotopic (exact) mass is 335 g/mol. The topological polar surface area (TPSA) is 47.0 Å². The third kappa shape index (κ3) is 4.90. The number of aromatic nitrogens is 2. The molecule has 1 N–H and O–H groups in total. The summed E-state index contributed by atoms with van der Waals surface area (Å²) in [5, 5.41) is 3.30. The molecule has 106 valence electrons. The molecule has 2 rings (SSSR count). The van der Waals surface area contributed by atoms with E-state index in [1.807, 2.05) is 24.3 Å². The molecule has 4 nitrogen and oxygen atoms in total. The molecule has 0 aliphatic rings. The first-order valence-electron chi connectivity index (χ1n) is 6.67. The second-order valence-corrected chi connectivity index (χ2v) is 5.36. The van der Waals surface area contributed by atoms with E-state index in [0.717, 1.165) is 35.2 Å². The lowest BCUT2D eigenvalue weighted by Gasteiger charge is -2.07. The van der Waals surface area contributed by atoms with E-state index >= 15 is 0 Å². The molecule has 0 bridgehead atoms. The Labute approximate surface area is 127 Å². The predicted octanol–water partition coefficient (Wildman–Crippen LogP) is 3.32. The number of ether oxygens (including phenoxy) is 1. The summed E-state index contributed by atoms with van der Waals surface area (Å²) >= 11 is 3.44. The van der Waals surface area contributed by atoms with Crippen molar-refractivity contribution in [2.24, 2.45) is 0 Å². The van der Waals surface area contributed by atoms with E-state index in [0.29, 0.717) is 12.5 Å². The molecule has 0 spiro atoms. The zero-order valence-electron chi connectivity index (χ0n) is 11.5. The van der Waals surface area contributed by atoms with Gasteiger partial charge < -0.3 is 10.1 Å². The summed E-state index contributed by atoms with van der Waals surface area (Å²) in [6.45, 7) is 4.32. The van der Waals surface area contributed by atoms with Crippen LogP contribution in [0.15, 0.2) is 41.1 Å². The van der Waals surface area contributed by atoms with Crippen LogP contribution in [0.25, 0.3) is 0 Å². The van der Waals surface area contributed by atoms with Crippen LogP contribution in [0.2, 0.25) is 0 Å². The van der Waals surface area contributed by atoms with E-state index in [4.69, 9.17) is 4.74 Å². The largest absolute Gasteiger partial charge is 0.472 e. The molecule has 0 aliphatic heterocycles. The highest BCUT2D eigenvalue weighted by molar-refractivity contribution is 9.10. The number of nitrogens with one attached hydrogen (secondary N) is 1. The van der Waals surface area contributed by atoms with Gasteiger partial charge in [0.15, 0.2) is 0 Å². The molecular weight excluding hydrogens is 318 g/mol. The fourth-order valence-corrected chi connectivity index (χ4v) is 2.16. The Balaban J connectivity index is 1.91. The minimum atomic E-state index is 0.486. The van der Waals surface area contributed by atoms with Crippen LogP contribution in [-0.4, -0.2) is 16.5 Å². The Bertz CT molecular complexity index is 548. The maximum atomic E-state index is 5.67. The Hall–Kier alpha value is -1.46. The van der Waals surface area contributed by atoms with Gasteiger partial charge in [0.25, 0.3) is 0 Å². The normalized spacial score (nSPS) is 10.5. The van der Waals surface area contributed by atoms with E-state index < -0.39 is 0 Å². The van der Waals surface area contributed by atoms with E-state index in [1.165, 1.54) is 0 Å². The summed E-state index contributed by atoms with van der Waals surface area (Å²) in [6.07, 6.45) is 4.50. The summed E-state index contributed by atoms with van der Waals surface area (Å²) in [6, 6.07) is 8.02. The Morgan fingerprint density at radius 2 is 2.20 bits per heavy atom. The van der Waals surface area contributed by atoms with Gasteiger partial charge in [-0.2, -0.15) is 0 Å². The molecule has 1 aromatic carbocycles. The smallest absolute Gasteiger partial charge is 0.232 e. The van der Waals surface area contributed by atoms with Gasteiger partial charge in [0, 0.05) is 17.2 Å². The molecule has 0 unspecified atom stereocenters. The van der Waals surface area contributed by atoms with Crippen LogP contribution in [-0.2, 0) is 13.2 Å². The van der Waals surface area contributed by atoms with Crippen molar-refractivity contribution < 1.29 is 4.74 Å². The van der Waals surface area contributed by atoms with Crippen molar-refractivity contribution in [3.05, 3.63) is 52.4 Å². The molecule has 2 aromatic rings. The average Bonchev–Trinajstić information content (AvgIpc) is 2.46.